The molecule has 0 bridgehead atoms. The van der Waals surface area contributed by atoms with E-state index in [0.29, 0.717) is 45.1 Å². The van der Waals surface area contributed by atoms with E-state index in [-0.39, 0.29) is 17.9 Å². The van der Waals surface area contributed by atoms with Gasteiger partial charge in [0.05, 0.1) is 12.0 Å². The Morgan fingerprint density at radius 1 is 1.14 bits per heavy atom. The summed E-state index contributed by atoms with van der Waals surface area (Å²) in [5.74, 6) is -1.06. The predicted molar refractivity (Wildman–Crippen MR) is 72.3 cm³/mol. The van der Waals surface area contributed by atoms with Crippen molar-refractivity contribution in [3.05, 3.63) is 0 Å². The Bertz CT molecular complexity index is 301. The molecular weight excluding hydrogens is 282 g/mol. The smallest absolute Gasteiger partial charge is 0.320 e. The number of hydrogen-bond acceptors (Lipinski definition) is 7. The van der Waals surface area contributed by atoms with Gasteiger partial charge in [0.15, 0.2) is 0 Å². The van der Waals surface area contributed by atoms with Crippen molar-refractivity contribution in [2.75, 3.05) is 13.2 Å². The van der Waals surface area contributed by atoms with E-state index < -0.39 is 12.0 Å². The van der Waals surface area contributed by atoms with Crippen LogP contribution in [0.25, 0.3) is 0 Å². The summed E-state index contributed by atoms with van der Waals surface area (Å²) in [5.41, 5.74) is 5.35. The maximum absolute atomic E-state index is 11.4. The molecule has 6 N–H and O–H groups in total. The van der Waals surface area contributed by atoms with Gasteiger partial charge in [-0.25, -0.2) is 0 Å². The summed E-state index contributed by atoms with van der Waals surface area (Å²) in [7, 11) is 0. The first kappa shape index (κ1) is 19.7. The maximum atomic E-state index is 11.4. The lowest BCUT2D eigenvalue weighted by Crippen LogP contribution is -2.30. The van der Waals surface area contributed by atoms with Crippen molar-refractivity contribution in [1.82, 2.24) is 10.7 Å². The van der Waals surface area contributed by atoms with E-state index in [0.717, 1.165) is 6.42 Å². The standard InChI is InChI=1S/C12H25N3O6/c13-10(12(17)18)6-3-4-8-14-11(16)7-2-1-5-9-21-15(19)20/h10,19-20H,1-9,13H2,(H,14,16)(H,17,18). The number of nitrogens with zero attached hydrogens (tertiary/aromatic N) is 1. The summed E-state index contributed by atoms with van der Waals surface area (Å²) in [5, 5.41) is 27.5. The van der Waals surface area contributed by atoms with Crippen LogP contribution >= 0.6 is 0 Å². The molecular formula is C12H25N3O6. The quantitative estimate of drug-likeness (QED) is 0.240. The van der Waals surface area contributed by atoms with Crippen LogP contribution in [0, 0.1) is 0 Å². The van der Waals surface area contributed by atoms with Crippen LogP contribution in [0.1, 0.15) is 44.9 Å². The molecule has 21 heavy (non-hydrogen) atoms. The fourth-order valence-electron chi connectivity index (χ4n) is 1.64. The van der Waals surface area contributed by atoms with Crippen LogP contribution in [0.4, 0.5) is 0 Å². The Balaban J connectivity index is 3.33. The van der Waals surface area contributed by atoms with Crippen LogP contribution < -0.4 is 11.1 Å². The number of nitrogens with one attached hydrogen (secondary N) is 1. The van der Waals surface area contributed by atoms with Crippen molar-refractivity contribution in [2.24, 2.45) is 5.73 Å². The van der Waals surface area contributed by atoms with Crippen molar-refractivity contribution in [3.8, 4) is 0 Å². The number of hydrogen-bond donors (Lipinski definition) is 5. The van der Waals surface area contributed by atoms with E-state index in [2.05, 4.69) is 10.2 Å². The third kappa shape index (κ3) is 13.5. The van der Waals surface area contributed by atoms with Gasteiger partial charge < -0.3 is 16.2 Å². The normalized spacial score (nSPS) is 12.4. The minimum Gasteiger partial charge on any atom is -0.480 e. The Kier molecular flexibility index (Phi) is 11.7. The van der Waals surface area contributed by atoms with Crippen LogP contribution in [0.3, 0.4) is 0 Å². The second kappa shape index (κ2) is 12.5. The number of carbonyl (C=O) groups excluding carboxylic acids is 1. The summed E-state index contributed by atoms with van der Waals surface area (Å²) in [6, 6.07) is -0.836. The molecule has 0 aliphatic heterocycles. The molecule has 0 heterocycles. The molecule has 0 saturated carbocycles. The highest BCUT2D eigenvalue weighted by molar-refractivity contribution is 5.75. The Morgan fingerprint density at radius 2 is 1.86 bits per heavy atom. The molecule has 0 aliphatic rings. The second-order valence-electron chi connectivity index (χ2n) is 4.69. The fourth-order valence-corrected chi connectivity index (χ4v) is 1.64. The molecule has 0 radical (unpaired) electrons. The number of rotatable bonds is 13. The molecule has 124 valence electrons. The molecule has 0 rings (SSSR count). The zero-order chi connectivity index (χ0) is 16.1. The van der Waals surface area contributed by atoms with Gasteiger partial charge in [0, 0.05) is 13.0 Å². The SMILES string of the molecule is NC(CCCCNC(=O)CCCCCON(O)O)C(=O)O. The summed E-state index contributed by atoms with van der Waals surface area (Å²) >= 11 is 0. The average Bonchev–Trinajstić information content (AvgIpc) is 2.41. The third-order valence-corrected chi connectivity index (χ3v) is 2.84. The van der Waals surface area contributed by atoms with Gasteiger partial charge in [-0.1, -0.05) is 6.42 Å². The van der Waals surface area contributed by atoms with Crippen LogP contribution in [0.15, 0.2) is 0 Å². The van der Waals surface area contributed by atoms with Gasteiger partial charge in [-0.2, -0.15) is 0 Å². The minimum absolute atomic E-state index is 0.0515. The van der Waals surface area contributed by atoms with E-state index >= 15 is 0 Å². The summed E-state index contributed by atoms with van der Waals surface area (Å²) < 4.78 is 0. The summed E-state index contributed by atoms with van der Waals surface area (Å²) in [6.45, 7) is 0.691. The number of nitrogens with two attached hydrogens (primary N) is 1. The highest BCUT2D eigenvalue weighted by Crippen LogP contribution is 2.01. The molecule has 0 aliphatic carbocycles. The monoisotopic (exact) mass is 307 g/mol. The molecule has 9 heteroatoms. The number of unbranched alkanes of at least 4 members (excludes halogenated alkanes) is 3. The van der Waals surface area contributed by atoms with E-state index in [9.17, 15) is 9.59 Å². The van der Waals surface area contributed by atoms with Crippen molar-refractivity contribution < 1.29 is 29.9 Å². The number of aliphatic carboxylic acids is 1. The van der Waals surface area contributed by atoms with Crippen molar-refractivity contribution in [2.45, 2.75) is 51.0 Å². The van der Waals surface area contributed by atoms with E-state index in [1.807, 2.05) is 0 Å². The van der Waals surface area contributed by atoms with Crippen LogP contribution in [-0.2, 0) is 14.4 Å². The first-order chi connectivity index (χ1) is 9.93. The van der Waals surface area contributed by atoms with E-state index in [4.69, 9.17) is 21.3 Å². The summed E-state index contributed by atoms with van der Waals surface area (Å²) in [6.07, 6.45) is 4.21. The lowest BCUT2D eigenvalue weighted by atomic mass is 10.1. The third-order valence-electron chi connectivity index (χ3n) is 2.84. The first-order valence-electron chi connectivity index (χ1n) is 6.99. The number of carbonyl (C=O) groups is 2. The molecule has 1 unspecified atom stereocenters. The van der Waals surface area contributed by atoms with Crippen molar-refractivity contribution >= 4 is 11.9 Å². The molecule has 0 fully saturated rings. The number of carboxylic acid groups (broad SMARTS) is 1. The van der Waals surface area contributed by atoms with Gasteiger partial charge in [-0.3, -0.25) is 24.8 Å². The van der Waals surface area contributed by atoms with Gasteiger partial charge in [-0.05, 0) is 32.1 Å². The molecule has 0 aromatic rings. The second-order valence-corrected chi connectivity index (χ2v) is 4.69. The van der Waals surface area contributed by atoms with Crippen LogP contribution in [0.2, 0.25) is 0 Å². The molecule has 0 aromatic carbocycles. The maximum Gasteiger partial charge on any atom is 0.320 e. The highest BCUT2D eigenvalue weighted by Gasteiger charge is 2.10. The number of amides is 1. The fraction of sp³-hybridized carbons (Fsp3) is 0.833. The lowest BCUT2D eigenvalue weighted by molar-refractivity contribution is -0.492. The lowest BCUT2D eigenvalue weighted by Gasteiger charge is -2.08. The highest BCUT2D eigenvalue weighted by atomic mass is 17.1. The molecule has 9 nitrogen and oxygen atoms in total. The minimum atomic E-state index is -1.01. The molecule has 0 saturated heterocycles. The van der Waals surface area contributed by atoms with Gasteiger partial charge in [0.2, 0.25) is 5.91 Å². The zero-order valence-corrected chi connectivity index (χ0v) is 12.0. The van der Waals surface area contributed by atoms with Gasteiger partial charge in [-0.15, -0.1) is 0 Å². The first-order valence-corrected chi connectivity index (χ1v) is 6.99. The predicted octanol–water partition coefficient (Wildman–Crippen LogP) is 0.257. The average molecular weight is 307 g/mol. The van der Waals surface area contributed by atoms with Crippen LogP contribution in [-0.4, -0.2) is 52.0 Å². The van der Waals surface area contributed by atoms with E-state index in [1.54, 1.807) is 0 Å². The Morgan fingerprint density at radius 3 is 2.48 bits per heavy atom. The molecule has 0 aromatic heterocycles. The molecule has 0 spiro atoms. The summed E-state index contributed by atoms with van der Waals surface area (Å²) in [4.78, 5) is 26.3. The van der Waals surface area contributed by atoms with Gasteiger partial charge >= 0.3 is 5.97 Å². The molecule has 1 amide bonds. The molecule has 1 atom stereocenters. The van der Waals surface area contributed by atoms with Gasteiger partial charge in [0.1, 0.15) is 6.04 Å². The topological polar surface area (TPSA) is 145 Å². The van der Waals surface area contributed by atoms with Crippen molar-refractivity contribution in [3.63, 3.8) is 0 Å². The van der Waals surface area contributed by atoms with Crippen molar-refractivity contribution in [1.29, 1.82) is 0 Å². The Hall–Kier alpha value is -1.26. The largest absolute Gasteiger partial charge is 0.480 e. The van der Waals surface area contributed by atoms with E-state index in [1.165, 1.54) is 0 Å². The van der Waals surface area contributed by atoms with Gasteiger partial charge in [0.25, 0.3) is 0 Å². The Labute approximate surface area is 123 Å². The van der Waals surface area contributed by atoms with Crippen LogP contribution in [0.5, 0.6) is 0 Å². The number of carboxylic acids is 1. The zero-order valence-electron chi connectivity index (χ0n) is 12.0.